The van der Waals surface area contributed by atoms with Crippen molar-refractivity contribution in [1.82, 2.24) is 4.57 Å². The quantitative estimate of drug-likeness (QED) is 0.526. The summed E-state index contributed by atoms with van der Waals surface area (Å²) < 4.78 is 14.1. The van der Waals surface area contributed by atoms with Crippen LogP contribution in [0.5, 0.6) is 11.5 Å². The molecule has 0 bridgehead atoms. The zero-order chi connectivity index (χ0) is 19.3. The minimum atomic E-state index is 0.270. The van der Waals surface area contributed by atoms with E-state index in [4.69, 9.17) is 9.47 Å². The molecular weight excluding hydrogens is 346 g/mol. The molecule has 1 aliphatic rings. The van der Waals surface area contributed by atoms with Gasteiger partial charge in [0.05, 0.1) is 13.2 Å². The van der Waals surface area contributed by atoms with Crippen LogP contribution in [0.15, 0.2) is 66.9 Å². The third-order valence-corrected chi connectivity index (χ3v) is 5.85. The summed E-state index contributed by atoms with van der Waals surface area (Å²) in [4.78, 5) is 0. The Bertz CT molecular complexity index is 894. The number of nitrogens with zero attached hydrogens (tertiary/aromatic N) is 1. The molecule has 1 fully saturated rings. The standard InChI is InChI=1S/C25H29NO2/c1-26-16-8-11-21(26)18-23(19-9-4-3-5-10-19)20-14-15-24(27-2)25(17-20)28-22-12-6-7-13-22/h3-5,8-11,14-17,22-23H,6-7,12-13,18H2,1-2H3. The Hall–Kier alpha value is -2.68. The lowest BCUT2D eigenvalue weighted by atomic mass is 9.87. The smallest absolute Gasteiger partial charge is 0.161 e. The fourth-order valence-corrected chi connectivity index (χ4v) is 4.22. The molecule has 0 aliphatic heterocycles. The minimum absolute atomic E-state index is 0.270. The Morgan fingerprint density at radius 3 is 2.39 bits per heavy atom. The van der Waals surface area contributed by atoms with E-state index in [1.807, 2.05) is 0 Å². The summed E-state index contributed by atoms with van der Waals surface area (Å²) >= 11 is 0. The molecule has 1 atom stereocenters. The summed E-state index contributed by atoms with van der Waals surface area (Å²) in [5.74, 6) is 1.97. The molecule has 2 aromatic carbocycles. The van der Waals surface area contributed by atoms with Gasteiger partial charge in [-0.15, -0.1) is 0 Å². The highest BCUT2D eigenvalue weighted by molar-refractivity contribution is 5.46. The van der Waals surface area contributed by atoms with Gasteiger partial charge in [0.25, 0.3) is 0 Å². The Morgan fingerprint density at radius 2 is 1.71 bits per heavy atom. The van der Waals surface area contributed by atoms with Crippen LogP contribution in [0, 0.1) is 0 Å². The van der Waals surface area contributed by atoms with Gasteiger partial charge in [0.2, 0.25) is 0 Å². The molecule has 1 aromatic heterocycles. The van der Waals surface area contributed by atoms with Gasteiger partial charge in [0.15, 0.2) is 11.5 Å². The van der Waals surface area contributed by atoms with Gasteiger partial charge in [0, 0.05) is 24.9 Å². The third kappa shape index (κ3) is 4.09. The molecule has 0 N–H and O–H groups in total. The molecular formula is C25H29NO2. The van der Waals surface area contributed by atoms with Crippen LogP contribution in [0.1, 0.15) is 48.4 Å². The predicted octanol–water partition coefficient (Wildman–Crippen LogP) is 5.73. The summed E-state index contributed by atoms with van der Waals surface area (Å²) in [6, 6.07) is 21.5. The molecule has 0 radical (unpaired) electrons. The van der Waals surface area contributed by atoms with Gasteiger partial charge in [0.1, 0.15) is 0 Å². The van der Waals surface area contributed by atoms with Crippen molar-refractivity contribution < 1.29 is 9.47 Å². The van der Waals surface area contributed by atoms with E-state index < -0.39 is 0 Å². The number of aryl methyl sites for hydroxylation is 1. The second-order valence-electron chi connectivity index (χ2n) is 7.71. The van der Waals surface area contributed by atoms with Crippen molar-refractivity contribution >= 4 is 0 Å². The van der Waals surface area contributed by atoms with Crippen molar-refractivity contribution in [3.8, 4) is 11.5 Å². The first-order valence-electron chi connectivity index (χ1n) is 10.2. The van der Waals surface area contributed by atoms with Crippen LogP contribution in [-0.4, -0.2) is 17.8 Å². The van der Waals surface area contributed by atoms with Gasteiger partial charge in [-0.1, -0.05) is 36.4 Å². The fraction of sp³-hybridized carbons (Fsp3) is 0.360. The second-order valence-corrected chi connectivity index (χ2v) is 7.71. The SMILES string of the molecule is COc1ccc(C(Cc2cccn2C)c2ccccc2)cc1OC1CCCC1. The largest absolute Gasteiger partial charge is 0.493 e. The van der Waals surface area contributed by atoms with Crippen LogP contribution >= 0.6 is 0 Å². The van der Waals surface area contributed by atoms with Crippen LogP contribution in [0.2, 0.25) is 0 Å². The average molecular weight is 376 g/mol. The molecule has 3 nitrogen and oxygen atoms in total. The number of hydrogen-bond acceptors (Lipinski definition) is 2. The van der Waals surface area contributed by atoms with Crippen molar-refractivity contribution in [2.24, 2.45) is 7.05 Å². The van der Waals surface area contributed by atoms with Crippen molar-refractivity contribution in [2.45, 2.75) is 44.1 Å². The maximum absolute atomic E-state index is 6.35. The lowest BCUT2D eigenvalue weighted by Gasteiger charge is -2.22. The normalized spacial score (nSPS) is 15.5. The van der Waals surface area contributed by atoms with E-state index in [0.29, 0.717) is 6.10 Å². The van der Waals surface area contributed by atoms with Crippen LogP contribution in [-0.2, 0) is 13.5 Å². The van der Waals surface area contributed by atoms with Crippen LogP contribution in [0.3, 0.4) is 0 Å². The number of rotatable bonds is 7. The molecule has 4 rings (SSSR count). The van der Waals surface area contributed by atoms with E-state index in [1.54, 1.807) is 7.11 Å². The Balaban J connectivity index is 1.69. The van der Waals surface area contributed by atoms with Gasteiger partial charge in [-0.2, -0.15) is 0 Å². The van der Waals surface area contributed by atoms with Crippen LogP contribution in [0.25, 0.3) is 0 Å². The maximum Gasteiger partial charge on any atom is 0.161 e. The molecule has 0 amide bonds. The molecule has 3 aromatic rings. The highest BCUT2D eigenvalue weighted by Crippen LogP contribution is 2.37. The summed E-state index contributed by atoms with van der Waals surface area (Å²) in [7, 11) is 3.83. The molecule has 0 saturated heterocycles. The number of methoxy groups -OCH3 is 1. The summed E-state index contributed by atoms with van der Waals surface area (Å²) in [6.07, 6.45) is 8.16. The first-order valence-corrected chi connectivity index (χ1v) is 10.2. The number of aromatic nitrogens is 1. The van der Waals surface area contributed by atoms with Gasteiger partial charge < -0.3 is 14.0 Å². The predicted molar refractivity (Wildman–Crippen MR) is 113 cm³/mol. The molecule has 146 valence electrons. The van der Waals surface area contributed by atoms with Crippen molar-refractivity contribution in [3.63, 3.8) is 0 Å². The third-order valence-electron chi connectivity index (χ3n) is 5.85. The van der Waals surface area contributed by atoms with Gasteiger partial charge >= 0.3 is 0 Å². The lowest BCUT2D eigenvalue weighted by molar-refractivity contribution is 0.200. The van der Waals surface area contributed by atoms with Gasteiger partial charge in [-0.3, -0.25) is 0 Å². The zero-order valence-electron chi connectivity index (χ0n) is 16.8. The van der Waals surface area contributed by atoms with Gasteiger partial charge in [-0.05, 0) is 67.5 Å². The first kappa shape index (κ1) is 18.7. The lowest BCUT2D eigenvalue weighted by Crippen LogP contribution is -2.13. The summed E-state index contributed by atoms with van der Waals surface area (Å²) in [6.45, 7) is 0. The zero-order valence-corrected chi connectivity index (χ0v) is 16.8. The second kappa shape index (κ2) is 8.55. The highest BCUT2D eigenvalue weighted by Gasteiger charge is 2.21. The Kier molecular flexibility index (Phi) is 5.70. The van der Waals surface area contributed by atoms with E-state index in [9.17, 15) is 0 Å². The minimum Gasteiger partial charge on any atom is -0.493 e. The number of ether oxygens (including phenoxy) is 2. The monoisotopic (exact) mass is 375 g/mol. The van der Waals surface area contributed by atoms with Crippen LogP contribution < -0.4 is 9.47 Å². The van der Waals surface area contributed by atoms with Gasteiger partial charge in [-0.25, -0.2) is 0 Å². The van der Waals surface area contributed by atoms with Crippen molar-refractivity contribution in [2.75, 3.05) is 7.11 Å². The molecule has 3 heteroatoms. The number of hydrogen-bond donors (Lipinski definition) is 0. The summed E-state index contributed by atoms with van der Waals surface area (Å²) in [5.41, 5.74) is 3.91. The van der Waals surface area contributed by atoms with E-state index >= 15 is 0 Å². The maximum atomic E-state index is 6.35. The summed E-state index contributed by atoms with van der Waals surface area (Å²) in [5, 5.41) is 0. The first-order chi connectivity index (χ1) is 13.7. The molecule has 1 unspecified atom stereocenters. The Labute approximate surface area is 167 Å². The molecule has 1 saturated carbocycles. The molecule has 1 heterocycles. The highest BCUT2D eigenvalue weighted by atomic mass is 16.5. The molecule has 0 spiro atoms. The fourth-order valence-electron chi connectivity index (χ4n) is 4.22. The van der Waals surface area contributed by atoms with E-state index in [1.165, 1.54) is 29.7 Å². The number of benzene rings is 2. The van der Waals surface area contributed by atoms with E-state index in [2.05, 4.69) is 78.5 Å². The topological polar surface area (TPSA) is 23.4 Å². The van der Waals surface area contributed by atoms with Crippen LogP contribution in [0.4, 0.5) is 0 Å². The van der Waals surface area contributed by atoms with Crippen molar-refractivity contribution in [3.05, 3.63) is 83.7 Å². The van der Waals surface area contributed by atoms with Crippen molar-refractivity contribution in [1.29, 1.82) is 0 Å². The molecule has 1 aliphatic carbocycles. The average Bonchev–Trinajstić information content (AvgIpc) is 3.38. The Morgan fingerprint density at radius 1 is 0.929 bits per heavy atom. The molecule has 28 heavy (non-hydrogen) atoms. The van der Waals surface area contributed by atoms with E-state index in [0.717, 1.165) is 30.8 Å². The van der Waals surface area contributed by atoms with E-state index in [-0.39, 0.29) is 5.92 Å².